The summed E-state index contributed by atoms with van der Waals surface area (Å²) in [6, 6.07) is 17.7. The minimum Gasteiger partial charge on any atom is -0.371 e. The van der Waals surface area contributed by atoms with Crippen molar-refractivity contribution in [3.63, 3.8) is 0 Å². The fourth-order valence-corrected chi connectivity index (χ4v) is 6.17. The molecule has 2 amide bonds. The van der Waals surface area contributed by atoms with Gasteiger partial charge in [0.05, 0.1) is 13.2 Å². The Labute approximate surface area is 208 Å². The van der Waals surface area contributed by atoms with Crippen molar-refractivity contribution >= 4 is 16.9 Å². The number of likely N-dealkylation sites (tertiary alicyclic amines) is 1. The fraction of sp³-hybridized carbons (Fsp3) is 0.483. The lowest BCUT2D eigenvalue weighted by Gasteiger charge is -2.47. The van der Waals surface area contributed by atoms with Crippen LogP contribution in [-0.4, -0.2) is 59.1 Å². The van der Waals surface area contributed by atoms with E-state index in [0.717, 1.165) is 39.0 Å². The average molecular weight is 475 g/mol. The molecule has 2 aromatic carbocycles. The van der Waals surface area contributed by atoms with Gasteiger partial charge in [-0.1, -0.05) is 49.4 Å². The number of nitrogens with zero attached hydrogens (tertiary/aromatic N) is 2. The van der Waals surface area contributed by atoms with E-state index >= 15 is 0 Å². The number of rotatable bonds is 8. The fourth-order valence-electron chi connectivity index (χ4n) is 6.17. The van der Waals surface area contributed by atoms with Gasteiger partial charge in [0, 0.05) is 54.2 Å². The summed E-state index contributed by atoms with van der Waals surface area (Å²) in [6.07, 6.45) is 2.01. The van der Waals surface area contributed by atoms with E-state index in [9.17, 15) is 4.79 Å². The summed E-state index contributed by atoms with van der Waals surface area (Å²) in [5.41, 5.74) is 6.43. The van der Waals surface area contributed by atoms with E-state index in [0.29, 0.717) is 25.2 Å². The molecule has 2 heterocycles. The first kappa shape index (κ1) is 23.9. The maximum absolute atomic E-state index is 12.8. The lowest BCUT2D eigenvalue weighted by molar-refractivity contribution is 0.0968. The Kier molecular flexibility index (Phi) is 7.12. The highest BCUT2D eigenvalue weighted by Crippen LogP contribution is 2.44. The van der Waals surface area contributed by atoms with E-state index in [2.05, 4.69) is 64.6 Å². The van der Waals surface area contributed by atoms with Crippen LogP contribution in [0.3, 0.4) is 0 Å². The first-order chi connectivity index (χ1) is 17.1. The number of H-pyrrole nitrogens is 1. The molecule has 186 valence electrons. The van der Waals surface area contributed by atoms with Gasteiger partial charge in [-0.05, 0) is 56.0 Å². The summed E-state index contributed by atoms with van der Waals surface area (Å²) in [4.78, 5) is 20.9. The largest absolute Gasteiger partial charge is 0.371 e. The second-order valence-corrected chi connectivity index (χ2v) is 9.85. The van der Waals surface area contributed by atoms with Crippen LogP contribution in [-0.2, 0) is 24.4 Å². The van der Waals surface area contributed by atoms with Crippen molar-refractivity contribution in [2.24, 2.45) is 0 Å². The van der Waals surface area contributed by atoms with Crippen LogP contribution in [0.4, 0.5) is 4.79 Å². The summed E-state index contributed by atoms with van der Waals surface area (Å²) in [5, 5.41) is 4.71. The minimum atomic E-state index is 0.0590. The molecule has 1 fully saturated rings. The van der Waals surface area contributed by atoms with Crippen molar-refractivity contribution in [2.75, 3.05) is 26.2 Å². The molecule has 1 aliphatic heterocycles. The summed E-state index contributed by atoms with van der Waals surface area (Å²) in [5.74, 6) is 0.413. The van der Waals surface area contributed by atoms with Gasteiger partial charge in [-0.25, -0.2) is 4.79 Å². The molecular weight excluding hydrogens is 436 g/mol. The molecule has 5 rings (SSSR count). The Bertz CT molecular complexity index is 1150. The van der Waals surface area contributed by atoms with Crippen molar-refractivity contribution in [1.29, 1.82) is 0 Å². The van der Waals surface area contributed by atoms with Crippen LogP contribution < -0.4 is 5.32 Å². The normalized spacial score (nSPS) is 21.6. The number of hydrogen-bond acceptors (Lipinski definition) is 3. The van der Waals surface area contributed by atoms with Crippen molar-refractivity contribution in [3.8, 4) is 0 Å². The number of hydrogen-bond donors (Lipinski definition) is 2. The van der Waals surface area contributed by atoms with Crippen LogP contribution in [0, 0.1) is 0 Å². The third kappa shape index (κ3) is 4.69. The molecule has 35 heavy (non-hydrogen) atoms. The molecule has 3 atom stereocenters. The molecule has 0 saturated carbocycles. The molecule has 1 aliphatic carbocycles. The molecule has 2 N–H and O–H groups in total. The number of carbonyl (C=O) groups is 1. The molecule has 6 nitrogen and oxygen atoms in total. The van der Waals surface area contributed by atoms with E-state index in [1.54, 1.807) is 0 Å². The number of benzene rings is 2. The molecule has 1 saturated heterocycles. The highest BCUT2D eigenvalue weighted by Gasteiger charge is 2.41. The van der Waals surface area contributed by atoms with Gasteiger partial charge < -0.3 is 19.9 Å². The van der Waals surface area contributed by atoms with Gasteiger partial charge in [-0.3, -0.25) is 4.90 Å². The van der Waals surface area contributed by atoms with Gasteiger partial charge in [-0.15, -0.1) is 0 Å². The lowest BCUT2D eigenvalue weighted by atomic mass is 9.73. The molecule has 0 radical (unpaired) electrons. The van der Waals surface area contributed by atoms with Gasteiger partial charge in [-0.2, -0.15) is 0 Å². The van der Waals surface area contributed by atoms with Gasteiger partial charge >= 0.3 is 6.03 Å². The zero-order valence-electron chi connectivity index (χ0n) is 21.2. The highest BCUT2D eigenvalue weighted by atomic mass is 16.5. The lowest BCUT2D eigenvalue weighted by Crippen LogP contribution is -2.57. The molecule has 0 spiro atoms. The first-order valence-electron chi connectivity index (χ1n) is 13.2. The van der Waals surface area contributed by atoms with Crippen LogP contribution in [0.25, 0.3) is 10.9 Å². The van der Waals surface area contributed by atoms with Gasteiger partial charge in [0.25, 0.3) is 0 Å². The maximum atomic E-state index is 12.8. The predicted molar refractivity (Wildman–Crippen MR) is 141 cm³/mol. The predicted octanol–water partition coefficient (Wildman–Crippen LogP) is 5.04. The SMILES string of the molecule is CCN(CC)C(=O)N[C@H]1CC2c3cccc4[nH]c(COCc5ccccc5)c(c34)C[C@H]2N(CC)C1. The van der Waals surface area contributed by atoms with Crippen molar-refractivity contribution in [1.82, 2.24) is 20.1 Å². The third-order valence-corrected chi connectivity index (χ3v) is 7.93. The molecule has 1 aromatic heterocycles. The summed E-state index contributed by atoms with van der Waals surface area (Å²) >= 11 is 0. The number of amides is 2. The number of nitrogens with one attached hydrogen (secondary N) is 2. The van der Waals surface area contributed by atoms with E-state index in [1.165, 1.54) is 33.3 Å². The van der Waals surface area contributed by atoms with Gasteiger partial charge in [0.15, 0.2) is 0 Å². The quantitative estimate of drug-likeness (QED) is 0.481. The highest BCUT2D eigenvalue weighted by molar-refractivity contribution is 5.89. The van der Waals surface area contributed by atoms with Gasteiger partial charge in [0.1, 0.15) is 0 Å². The number of fused-ring (bicyclic) bond motifs is 2. The molecule has 2 aliphatic rings. The zero-order chi connectivity index (χ0) is 24.4. The van der Waals surface area contributed by atoms with Crippen LogP contribution >= 0.6 is 0 Å². The summed E-state index contributed by atoms with van der Waals surface area (Å²) < 4.78 is 6.14. The van der Waals surface area contributed by atoms with E-state index in [-0.39, 0.29) is 12.1 Å². The number of carbonyl (C=O) groups excluding carboxylic acids is 1. The number of ether oxygens (including phenoxy) is 1. The van der Waals surface area contributed by atoms with E-state index < -0.39 is 0 Å². The molecule has 0 bridgehead atoms. The number of likely N-dealkylation sites (N-methyl/N-ethyl adjacent to an activating group) is 1. The minimum absolute atomic E-state index is 0.0590. The first-order valence-corrected chi connectivity index (χ1v) is 13.2. The van der Waals surface area contributed by atoms with Crippen molar-refractivity contribution in [3.05, 3.63) is 70.9 Å². The Morgan fingerprint density at radius 1 is 1.09 bits per heavy atom. The Hall–Kier alpha value is -2.83. The van der Waals surface area contributed by atoms with Crippen molar-refractivity contribution in [2.45, 2.75) is 64.8 Å². The molecule has 6 heteroatoms. The van der Waals surface area contributed by atoms with E-state index in [4.69, 9.17) is 4.74 Å². The monoisotopic (exact) mass is 474 g/mol. The average Bonchev–Trinajstić information content (AvgIpc) is 3.23. The Morgan fingerprint density at radius 3 is 2.63 bits per heavy atom. The van der Waals surface area contributed by atoms with Gasteiger partial charge in [0.2, 0.25) is 0 Å². The third-order valence-electron chi connectivity index (χ3n) is 7.93. The van der Waals surface area contributed by atoms with Crippen LogP contribution in [0.2, 0.25) is 0 Å². The van der Waals surface area contributed by atoms with E-state index in [1.807, 2.05) is 24.8 Å². The topological polar surface area (TPSA) is 60.6 Å². The van der Waals surface area contributed by atoms with Crippen molar-refractivity contribution < 1.29 is 9.53 Å². The Morgan fingerprint density at radius 2 is 1.89 bits per heavy atom. The number of urea groups is 1. The second kappa shape index (κ2) is 10.4. The Balaban J connectivity index is 1.39. The number of piperidine rings is 1. The number of aromatic amines is 1. The standard InChI is InChI=1S/C29H38N4O2/c1-4-32(5-2)29(34)30-21-15-23-22-13-10-14-25-28(22)24(16-27(23)33(6-3)17-21)26(31-25)19-35-18-20-11-8-7-9-12-20/h7-14,21,23,27,31H,4-6,15-19H2,1-3H3,(H,30,34)/t21-,23?,27+/m0/s1. The molecular formula is C29H38N4O2. The van der Waals surface area contributed by atoms with Crippen LogP contribution in [0.15, 0.2) is 48.5 Å². The van der Waals surface area contributed by atoms with Crippen LogP contribution in [0.1, 0.15) is 55.5 Å². The number of aromatic nitrogens is 1. The summed E-state index contributed by atoms with van der Waals surface area (Å²) in [7, 11) is 0. The smallest absolute Gasteiger partial charge is 0.317 e. The maximum Gasteiger partial charge on any atom is 0.317 e. The second-order valence-electron chi connectivity index (χ2n) is 9.85. The molecule has 3 aromatic rings. The summed E-state index contributed by atoms with van der Waals surface area (Å²) in [6.45, 7) is 10.9. The zero-order valence-corrected chi connectivity index (χ0v) is 21.2. The molecule has 1 unspecified atom stereocenters. The van der Waals surface area contributed by atoms with Crippen LogP contribution in [0.5, 0.6) is 0 Å².